The van der Waals surface area contributed by atoms with Gasteiger partial charge in [-0.25, -0.2) is 9.38 Å². The molecule has 1 aromatic carbocycles. The van der Waals surface area contributed by atoms with E-state index < -0.39 is 35.6 Å². The van der Waals surface area contributed by atoms with E-state index in [1.54, 1.807) is 0 Å². The molecule has 2 aliphatic rings. The van der Waals surface area contributed by atoms with Crippen LogP contribution in [0.5, 0.6) is 5.75 Å². The van der Waals surface area contributed by atoms with E-state index in [0.29, 0.717) is 6.54 Å². The third-order valence-electron chi connectivity index (χ3n) is 4.21. The lowest BCUT2D eigenvalue weighted by Crippen LogP contribution is -2.49. The van der Waals surface area contributed by atoms with E-state index >= 15 is 0 Å². The van der Waals surface area contributed by atoms with Gasteiger partial charge in [-0.3, -0.25) is 5.73 Å². The van der Waals surface area contributed by atoms with Crippen LogP contribution in [0.25, 0.3) is 0 Å². The second-order valence-electron chi connectivity index (χ2n) is 6.15. The lowest BCUT2D eigenvalue weighted by molar-refractivity contribution is -0.139. The standard InChI is InChI=1S/C16H19F4N5O/c17-11-8-23-5-3-13(11)26-12-2-1-9(7-10(12)15(18,19)20)16(22)24-6-4-14(21)25-16/h1-2,4,6-7,11,13,23-24H,3,5,8,22H2,(H2,21,25)/t11-,13-,16?/m1/s1. The first-order valence-corrected chi connectivity index (χ1v) is 8.01. The maximum Gasteiger partial charge on any atom is 0.419 e. The van der Waals surface area contributed by atoms with Gasteiger partial charge in [0.2, 0.25) is 5.79 Å². The topological polar surface area (TPSA) is 97.7 Å². The summed E-state index contributed by atoms with van der Waals surface area (Å²) in [6.45, 7) is 0.515. The van der Waals surface area contributed by atoms with Crippen molar-refractivity contribution in [1.82, 2.24) is 10.6 Å². The maximum absolute atomic E-state index is 13.9. The van der Waals surface area contributed by atoms with Crippen LogP contribution in [-0.2, 0) is 12.0 Å². The molecule has 0 saturated carbocycles. The number of alkyl halides is 4. The number of aliphatic imine (C=N–C) groups is 1. The molecule has 6 N–H and O–H groups in total. The zero-order valence-electron chi connectivity index (χ0n) is 13.7. The highest BCUT2D eigenvalue weighted by molar-refractivity contribution is 5.92. The Balaban J connectivity index is 1.95. The smallest absolute Gasteiger partial charge is 0.419 e. The number of ether oxygens (including phenoxy) is 1. The highest BCUT2D eigenvalue weighted by Gasteiger charge is 2.39. The van der Waals surface area contributed by atoms with Crippen molar-refractivity contribution in [1.29, 1.82) is 0 Å². The van der Waals surface area contributed by atoms with Crippen molar-refractivity contribution in [3.8, 4) is 5.75 Å². The van der Waals surface area contributed by atoms with Crippen molar-refractivity contribution in [2.45, 2.75) is 30.7 Å². The van der Waals surface area contributed by atoms with Crippen LogP contribution in [0.15, 0.2) is 35.5 Å². The summed E-state index contributed by atoms with van der Waals surface area (Å²) in [4.78, 5) is 3.96. The Morgan fingerprint density at radius 3 is 2.73 bits per heavy atom. The molecule has 0 radical (unpaired) electrons. The zero-order chi connectivity index (χ0) is 18.9. The van der Waals surface area contributed by atoms with Gasteiger partial charge in [0, 0.05) is 18.3 Å². The summed E-state index contributed by atoms with van der Waals surface area (Å²) in [5.41, 5.74) is 10.6. The molecule has 0 aromatic heterocycles. The lowest BCUT2D eigenvalue weighted by atomic mass is 10.0. The van der Waals surface area contributed by atoms with E-state index in [1.807, 2.05) is 0 Å². The van der Waals surface area contributed by atoms with Crippen LogP contribution in [0.4, 0.5) is 17.6 Å². The second-order valence-corrected chi connectivity index (χ2v) is 6.15. The molecule has 1 unspecified atom stereocenters. The minimum atomic E-state index is -4.71. The molecule has 26 heavy (non-hydrogen) atoms. The molecule has 1 aromatic rings. The van der Waals surface area contributed by atoms with Gasteiger partial charge in [-0.2, -0.15) is 13.2 Å². The molecule has 10 heteroatoms. The number of amidine groups is 1. The molecule has 142 valence electrons. The van der Waals surface area contributed by atoms with E-state index in [2.05, 4.69) is 15.6 Å². The summed E-state index contributed by atoms with van der Waals surface area (Å²) >= 11 is 0. The summed E-state index contributed by atoms with van der Waals surface area (Å²) < 4.78 is 59.8. The molecule has 0 spiro atoms. The summed E-state index contributed by atoms with van der Waals surface area (Å²) in [7, 11) is 0. The molecular weight excluding hydrogens is 354 g/mol. The summed E-state index contributed by atoms with van der Waals surface area (Å²) in [5.74, 6) is -1.99. The quantitative estimate of drug-likeness (QED) is 0.600. The molecule has 0 aliphatic carbocycles. The zero-order valence-corrected chi connectivity index (χ0v) is 13.7. The van der Waals surface area contributed by atoms with Crippen molar-refractivity contribution in [2.24, 2.45) is 16.5 Å². The Morgan fingerprint density at radius 1 is 1.31 bits per heavy atom. The number of nitrogens with one attached hydrogen (secondary N) is 2. The van der Waals surface area contributed by atoms with Gasteiger partial charge in [0.25, 0.3) is 0 Å². The van der Waals surface area contributed by atoms with Crippen LogP contribution in [0.3, 0.4) is 0 Å². The number of hydrogen-bond donors (Lipinski definition) is 4. The fourth-order valence-corrected chi connectivity index (χ4v) is 2.86. The van der Waals surface area contributed by atoms with Crippen molar-refractivity contribution in [3.05, 3.63) is 41.6 Å². The fraction of sp³-hybridized carbons (Fsp3) is 0.438. The monoisotopic (exact) mass is 373 g/mol. The molecule has 3 atom stereocenters. The van der Waals surface area contributed by atoms with E-state index in [-0.39, 0.29) is 24.4 Å². The molecule has 6 nitrogen and oxygen atoms in total. The van der Waals surface area contributed by atoms with Crippen LogP contribution >= 0.6 is 0 Å². The molecule has 1 saturated heterocycles. The Hall–Kier alpha value is -2.33. The number of rotatable bonds is 3. The van der Waals surface area contributed by atoms with Gasteiger partial charge in [-0.1, -0.05) is 0 Å². The third-order valence-corrected chi connectivity index (χ3v) is 4.21. The van der Waals surface area contributed by atoms with Crippen LogP contribution in [0, 0.1) is 0 Å². The Labute approximate surface area is 147 Å². The summed E-state index contributed by atoms with van der Waals surface area (Å²) in [5, 5.41) is 5.50. The summed E-state index contributed by atoms with van der Waals surface area (Å²) in [6.07, 6.45) is -3.93. The Morgan fingerprint density at radius 2 is 2.08 bits per heavy atom. The van der Waals surface area contributed by atoms with Gasteiger partial charge in [0.1, 0.15) is 23.9 Å². The number of hydrogen-bond acceptors (Lipinski definition) is 6. The molecule has 2 aliphatic heterocycles. The van der Waals surface area contributed by atoms with Crippen LogP contribution in [-0.4, -0.2) is 31.2 Å². The number of piperidine rings is 1. The molecular formula is C16H19F4N5O. The first-order chi connectivity index (χ1) is 12.2. The van der Waals surface area contributed by atoms with E-state index in [1.165, 1.54) is 18.3 Å². The minimum Gasteiger partial charge on any atom is -0.487 e. The number of benzene rings is 1. The highest BCUT2D eigenvalue weighted by atomic mass is 19.4. The van der Waals surface area contributed by atoms with Crippen LogP contribution in [0.2, 0.25) is 0 Å². The van der Waals surface area contributed by atoms with Gasteiger partial charge >= 0.3 is 6.18 Å². The first-order valence-electron chi connectivity index (χ1n) is 8.01. The molecule has 0 amide bonds. The third kappa shape index (κ3) is 3.75. The number of nitrogens with zero attached hydrogens (tertiary/aromatic N) is 1. The molecule has 0 bridgehead atoms. The maximum atomic E-state index is 13.9. The van der Waals surface area contributed by atoms with Gasteiger partial charge in [0.05, 0.1) is 5.56 Å². The van der Waals surface area contributed by atoms with E-state index in [0.717, 1.165) is 12.1 Å². The van der Waals surface area contributed by atoms with Gasteiger partial charge in [0.15, 0.2) is 0 Å². The van der Waals surface area contributed by atoms with E-state index in [9.17, 15) is 17.6 Å². The molecule has 2 heterocycles. The number of nitrogens with two attached hydrogens (primary N) is 2. The molecule has 3 rings (SSSR count). The predicted molar refractivity (Wildman–Crippen MR) is 88.0 cm³/mol. The fourth-order valence-electron chi connectivity index (χ4n) is 2.86. The minimum absolute atomic E-state index is 0.0419. The van der Waals surface area contributed by atoms with Crippen molar-refractivity contribution in [3.63, 3.8) is 0 Å². The highest BCUT2D eigenvalue weighted by Crippen LogP contribution is 2.39. The second kappa shape index (κ2) is 6.76. The van der Waals surface area contributed by atoms with Crippen molar-refractivity contribution < 1.29 is 22.3 Å². The van der Waals surface area contributed by atoms with Crippen molar-refractivity contribution >= 4 is 5.84 Å². The van der Waals surface area contributed by atoms with Gasteiger partial charge in [-0.15, -0.1) is 0 Å². The van der Waals surface area contributed by atoms with Gasteiger partial charge in [-0.05, 0) is 37.2 Å². The van der Waals surface area contributed by atoms with Crippen LogP contribution < -0.4 is 26.8 Å². The van der Waals surface area contributed by atoms with Gasteiger partial charge < -0.3 is 21.1 Å². The van der Waals surface area contributed by atoms with Crippen molar-refractivity contribution in [2.75, 3.05) is 13.1 Å². The van der Waals surface area contributed by atoms with Crippen LogP contribution in [0.1, 0.15) is 17.5 Å². The number of halogens is 4. The molecule has 1 fully saturated rings. The average Bonchev–Trinajstić information content (AvgIpc) is 2.56. The average molecular weight is 373 g/mol. The lowest BCUT2D eigenvalue weighted by Gasteiger charge is -2.31. The first kappa shape index (κ1) is 18.5. The van der Waals surface area contributed by atoms with E-state index in [4.69, 9.17) is 16.2 Å². The Bertz CT molecular complexity index is 736. The normalized spacial score (nSPS) is 29.0. The largest absolute Gasteiger partial charge is 0.487 e. The Kier molecular flexibility index (Phi) is 4.80. The SMILES string of the molecule is NC1=NC(N)(c2ccc(O[C@@H]3CCNC[C@H]3F)c(C(F)(F)F)c2)NC=C1. The predicted octanol–water partition coefficient (Wildman–Crippen LogP) is 1.33. The summed E-state index contributed by atoms with van der Waals surface area (Å²) in [6, 6.07) is 3.32.